The lowest BCUT2D eigenvalue weighted by Crippen LogP contribution is -2.27. The van der Waals surface area contributed by atoms with Crippen LogP contribution in [0.25, 0.3) is 44.6 Å². The minimum Gasteiger partial charge on any atom is -0.478 e. The molecular weight excluding hydrogens is 689 g/mol. The number of aromatic nitrogens is 6. The predicted molar refractivity (Wildman–Crippen MR) is 208 cm³/mol. The van der Waals surface area contributed by atoms with Gasteiger partial charge in [0.15, 0.2) is 11.6 Å². The second-order valence-corrected chi connectivity index (χ2v) is 13.7. The van der Waals surface area contributed by atoms with E-state index in [4.69, 9.17) is 15.1 Å². The molecule has 0 atom stereocenters. The van der Waals surface area contributed by atoms with E-state index in [0.717, 1.165) is 30.2 Å². The molecule has 14 heteroatoms. The van der Waals surface area contributed by atoms with Crippen molar-refractivity contribution in [3.05, 3.63) is 90.1 Å². The van der Waals surface area contributed by atoms with Crippen LogP contribution in [0.5, 0.6) is 0 Å². The fourth-order valence-electron chi connectivity index (χ4n) is 5.90. The van der Waals surface area contributed by atoms with Gasteiger partial charge in [0.2, 0.25) is 5.95 Å². The van der Waals surface area contributed by atoms with Crippen LogP contribution in [0, 0.1) is 5.95 Å². The van der Waals surface area contributed by atoms with Gasteiger partial charge in [0.25, 0.3) is 0 Å². The minimum atomic E-state index is -1.02. The number of hydrogen-bond donors (Lipinski definition) is 2. The van der Waals surface area contributed by atoms with Crippen molar-refractivity contribution < 1.29 is 24.2 Å². The SMILES string of the molecule is CC(C)N(C)c1nc2cc(C(=O)O)ccc2nc1-c1ccc(F)nc1.CC(C)N(C)c1nc2cc(C(=O)O)ccc2nc1-c1ccc(N2CCCC2)nc1. The maximum Gasteiger partial charge on any atom is 0.335 e. The van der Waals surface area contributed by atoms with E-state index in [0.29, 0.717) is 45.0 Å². The number of fused-ring (bicyclic) bond motifs is 2. The monoisotopic (exact) mass is 731 g/mol. The Hall–Kier alpha value is -6.31. The van der Waals surface area contributed by atoms with Gasteiger partial charge in [-0.3, -0.25) is 0 Å². The molecule has 0 aliphatic carbocycles. The fraction of sp³-hybridized carbons (Fsp3) is 0.300. The van der Waals surface area contributed by atoms with Crippen LogP contribution in [-0.4, -0.2) is 91.3 Å². The number of aromatic carboxylic acids is 2. The first kappa shape index (κ1) is 37.4. The molecule has 6 aromatic rings. The van der Waals surface area contributed by atoms with Crippen LogP contribution in [0.3, 0.4) is 0 Å². The molecule has 0 spiro atoms. The Morgan fingerprint density at radius 1 is 0.648 bits per heavy atom. The van der Waals surface area contributed by atoms with Crippen molar-refractivity contribution in [2.24, 2.45) is 0 Å². The number of carboxylic acids is 2. The van der Waals surface area contributed by atoms with Gasteiger partial charge < -0.3 is 24.9 Å². The zero-order valence-electron chi connectivity index (χ0n) is 31.0. The highest BCUT2D eigenvalue weighted by molar-refractivity contribution is 5.94. The summed E-state index contributed by atoms with van der Waals surface area (Å²) in [7, 11) is 3.85. The van der Waals surface area contributed by atoms with E-state index in [2.05, 4.69) is 38.7 Å². The molecule has 0 amide bonds. The largest absolute Gasteiger partial charge is 0.478 e. The van der Waals surface area contributed by atoms with Crippen molar-refractivity contribution in [3.63, 3.8) is 0 Å². The van der Waals surface area contributed by atoms with Crippen molar-refractivity contribution in [1.29, 1.82) is 0 Å². The second kappa shape index (κ2) is 15.7. The van der Waals surface area contributed by atoms with Crippen LogP contribution < -0.4 is 14.7 Å². The second-order valence-electron chi connectivity index (χ2n) is 13.7. The standard InChI is InChI=1S/C22H25N5O2.C18H17FN4O2/c1-14(2)26(3)21-20(16-7-9-19(23-13-16)27-10-4-5-11-27)24-17-8-6-15(22(28)29)12-18(17)25-21;1-10(2)23(3)17-16(12-5-7-15(19)20-9-12)21-13-6-4-11(18(24)25)8-14(13)22-17/h6-9,12-14H,4-5,10-11H2,1-3H3,(H,28,29);4-10H,1-3H3,(H,24,25). The number of nitrogens with zero attached hydrogens (tertiary/aromatic N) is 9. The van der Waals surface area contributed by atoms with Crippen LogP contribution in [0.4, 0.5) is 21.8 Å². The van der Waals surface area contributed by atoms with Crippen molar-refractivity contribution in [2.45, 2.75) is 52.6 Å². The van der Waals surface area contributed by atoms with Crippen LogP contribution >= 0.6 is 0 Å². The molecule has 2 N–H and O–H groups in total. The fourth-order valence-corrected chi connectivity index (χ4v) is 5.90. The molecule has 1 fully saturated rings. The third-order valence-corrected chi connectivity index (χ3v) is 9.46. The molecule has 13 nitrogen and oxygen atoms in total. The van der Waals surface area contributed by atoms with Gasteiger partial charge in [0.1, 0.15) is 17.2 Å². The van der Waals surface area contributed by atoms with Gasteiger partial charge in [-0.25, -0.2) is 39.5 Å². The molecule has 54 heavy (non-hydrogen) atoms. The van der Waals surface area contributed by atoms with Gasteiger partial charge in [-0.2, -0.15) is 4.39 Å². The normalized spacial score (nSPS) is 12.6. The number of carbonyl (C=O) groups is 2. The van der Waals surface area contributed by atoms with Crippen LogP contribution in [0.1, 0.15) is 61.3 Å². The molecule has 1 aliphatic rings. The molecular formula is C40H42FN9O4. The van der Waals surface area contributed by atoms with Crippen LogP contribution in [0.2, 0.25) is 0 Å². The zero-order chi connectivity index (χ0) is 38.7. The quantitative estimate of drug-likeness (QED) is 0.144. The molecule has 5 heterocycles. The Kier molecular flexibility index (Phi) is 10.9. The summed E-state index contributed by atoms with van der Waals surface area (Å²) in [6.45, 7) is 10.3. The van der Waals surface area contributed by atoms with E-state index < -0.39 is 17.9 Å². The number of rotatable bonds is 9. The van der Waals surface area contributed by atoms with E-state index in [-0.39, 0.29) is 23.2 Å². The molecule has 0 saturated carbocycles. The van der Waals surface area contributed by atoms with E-state index in [1.807, 2.05) is 56.1 Å². The van der Waals surface area contributed by atoms with Gasteiger partial charge in [-0.15, -0.1) is 0 Å². The lowest BCUT2D eigenvalue weighted by molar-refractivity contribution is 0.0686. The Morgan fingerprint density at radius 2 is 1.11 bits per heavy atom. The molecule has 0 radical (unpaired) electrons. The molecule has 1 aliphatic heterocycles. The smallest absolute Gasteiger partial charge is 0.335 e. The highest BCUT2D eigenvalue weighted by Crippen LogP contribution is 2.32. The van der Waals surface area contributed by atoms with E-state index in [1.165, 1.54) is 37.2 Å². The molecule has 1 saturated heterocycles. The first-order valence-corrected chi connectivity index (χ1v) is 17.7. The molecule has 0 unspecified atom stereocenters. The summed E-state index contributed by atoms with van der Waals surface area (Å²) in [6, 6.07) is 16.7. The topological polar surface area (TPSA) is 162 Å². The maximum absolute atomic E-state index is 13.1. The zero-order valence-corrected chi connectivity index (χ0v) is 31.0. The van der Waals surface area contributed by atoms with Gasteiger partial charge >= 0.3 is 11.9 Å². The van der Waals surface area contributed by atoms with E-state index >= 15 is 0 Å². The Labute approximate surface area is 312 Å². The number of pyridine rings is 2. The number of halogens is 1. The Balaban J connectivity index is 0.000000186. The molecule has 7 rings (SSSR count). The number of carboxylic acid groups (broad SMARTS) is 2. The number of hydrogen-bond acceptors (Lipinski definition) is 11. The summed E-state index contributed by atoms with van der Waals surface area (Å²) >= 11 is 0. The van der Waals surface area contributed by atoms with Gasteiger partial charge in [0, 0.05) is 62.8 Å². The average Bonchev–Trinajstić information content (AvgIpc) is 3.72. The minimum absolute atomic E-state index is 0.140. The molecule has 278 valence electrons. The van der Waals surface area contributed by atoms with E-state index in [1.54, 1.807) is 30.3 Å². The Morgan fingerprint density at radius 3 is 1.50 bits per heavy atom. The third kappa shape index (κ3) is 8.02. The lowest BCUT2D eigenvalue weighted by atomic mass is 10.1. The van der Waals surface area contributed by atoms with Gasteiger partial charge in [0.05, 0.1) is 33.2 Å². The summed E-state index contributed by atoms with van der Waals surface area (Å²) in [5, 5.41) is 18.5. The highest BCUT2D eigenvalue weighted by Gasteiger charge is 2.21. The van der Waals surface area contributed by atoms with Crippen molar-refractivity contribution in [3.8, 4) is 22.5 Å². The van der Waals surface area contributed by atoms with Gasteiger partial charge in [-0.05, 0) is 101 Å². The summed E-state index contributed by atoms with van der Waals surface area (Å²) in [5.74, 6) is -0.274. The Bertz CT molecular complexity index is 2310. The highest BCUT2D eigenvalue weighted by atomic mass is 19.1. The van der Waals surface area contributed by atoms with Crippen LogP contribution in [-0.2, 0) is 0 Å². The third-order valence-electron chi connectivity index (χ3n) is 9.46. The van der Waals surface area contributed by atoms with Crippen molar-refractivity contribution >= 4 is 51.5 Å². The summed E-state index contributed by atoms with van der Waals surface area (Å²) in [6.07, 6.45) is 5.68. The predicted octanol–water partition coefficient (Wildman–Crippen LogP) is 7.21. The molecule has 2 aromatic carbocycles. The van der Waals surface area contributed by atoms with Crippen molar-refractivity contribution in [2.75, 3.05) is 41.9 Å². The molecule has 0 bridgehead atoms. The summed E-state index contributed by atoms with van der Waals surface area (Å²) in [5.41, 5.74) is 5.48. The first-order valence-electron chi connectivity index (χ1n) is 17.7. The van der Waals surface area contributed by atoms with Gasteiger partial charge in [-0.1, -0.05) is 0 Å². The maximum atomic E-state index is 13.1. The number of anilines is 3. The lowest BCUT2D eigenvalue weighted by Gasteiger charge is -2.25. The first-order chi connectivity index (χ1) is 25.8. The van der Waals surface area contributed by atoms with Crippen molar-refractivity contribution in [1.82, 2.24) is 29.9 Å². The average molecular weight is 732 g/mol. The summed E-state index contributed by atoms with van der Waals surface area (Å²) in [4.78, 5) is 56.0. The number of benzene rings is 2. The molecule has 4 aromatic heterocycles. The van der Waals surface area contributed by atoms with Crippen LogP contribution in [0.15, 0.2) is 73.1 Å². The van der Waals surface area contributed by atoms with E-state index in [9.17, 15) is 19.1 Å². The summed E-state index contributed by atoms with van der Waals surface area (Å²) < 4.78 is 13.1.